The summed E-state index contributed by atoms with van der Waals surface area (Å²) in [6.45, 7) is 3.49. The molecule has 7 rings (SSSR count). The molecule has 2 aromatic rings. The molecule has 0 aliphatic carbocycles. The lowest BCUT2D eigenvalue weighted by atomic mass is 9.84. The quantitative estimate of drug-likeness (QED) is 0.228. The SMILES string of the molecule is CCCCCC(O)CC(=O)CCc1ccc2c(c1)OC1C(C#CC(O)c3ccc4c(c3CC3=C5CN1C=C5N=C3)CCNC4N)CC#CO2. The molecule has 5 aliphatic rings. The van der Waals surface area contributed by atoms with Crippen LogP contribution in [0.15, 0.2) is 58.4 Å². The number of Topliss-reactive ketones (excluding diaryl/α,β-unsaturated/α-hetero) is 1. The van der Waals surface area contributed by atoms with Crippen LogP contribution in [0.25, 0.3) is 0 Å². The Labute approximate surface area is 288 Å². The summed E-state index contributed by atoms with van der Waals surface area (Å²) in [5.74, 6) is 10.3. The maximum Gasteiger partial charge on any atom is 0.187 e. The minimum atomic E-state index is -1.01. The van der Waals surface area contributed by atoms with Gasteiger partial charge in [-0.3, -0.25) is 15.1 Å². The highest BCUT2D eigenvalue weighted by Gasteiger charge is 2.36. The van der Waals surface area contributed by atoms with Gasteiger partial charge in [0.25, 0.3) is 0 Å². The average Bonchev–Trinajstić information content (AvgIpc) is 3.70. The van der Waals surface area contributed by atoms with Crippen LogP contribution < -0.4 is 20.5 Å². The molecule has 9 heteroatoms. The van der Waals surface area contributed by atoms with E-state index >= 15 is 0 Å². The first-order valence-electron chi connectivity index (χ1n) is 17.6. The van der Waals surface area contributed by atoms with Crippen LogP contribution in [0.4, 0.5) is 0 Å². The molecule has 0 aromatic heterocycles. The summed E-state index contributed by atoms with van der Waals surface area (Å²) in [7, 11) is 0. The fraction of sp³-hybridized carbons (Fsp3) is 0.450. The van der Waals surface area contributed by atoms with Crippen LogP contribution in [-0.4, -0.2) is 52.5 Å². The van der Waals surface area contributed by atoms with Crippen molar-refractivity contribution in [1.29, 1.82) is 0 Å². The second kappa shape index (κ2) is 14.6. The van der Waals surface area contributed by atoms with E-state index in [-0.39, 0.29) is 18.4 Å². The summed E-state index contributed by atoms with van der Waals surface area (Å²) in [6.07, 6.45) is 11.0. The largest absolute Gasteiger partial charge is 0.465 e. The number of hydrogen-bond acceptors (Lipinski definition) is 9. The number of aryl methyl sites for hydroxylation is 1. The molecule has 0 amide bonds. The van der Waals surface area contributed by atoms with Crippen molar-refractivity contribution in [3.05, 3.63) is 81.2 Å². The van der Waals surface area contributed by atoms with Crippen LogP contribution in [0.1, 0.15) is 92.0 Å². The first kappa shape index (κ1) is 33.1. The summed E-state index contributed by atoms with van der Waals surface area (Å²) in [6, 6.07) is 9.64. The molecule has 5 unspecified atom stereocenters. The van der Waals surface area contributed by atoms with E-state index in [1.165, 1.54) is 5.56 Å². The molecule has 5 aliphatic heterocycles. The number of hydrogen-bond donors (Lipinski definition) is 4. The number of unbranched alkanes of at least 4 members (excludes halogenated alkanes) is 2. The van der Waals surface area contributed by atoms with Gasteiger partial charge >= 0.3 is 0 Å². The van der Waals surface area contributed by atoms with Gasteiger partial charge in [-0.15, -0.1) is 0 Å². The zero-order valence-electron chi connectivity index (χ0n) is 28.0. The Morgan fingerprint density at radius 1 is 1.16 bits per heavy atom. The molecule has 2 bridgehead atoms. The lowest BCUT2D eigenvalue weighted by Crippen LogP contribution is -2.41. The van der Waals surface area contributed by atoms with Crippen molar-refractivity contribution in [2.75, 3.05) is 13.1 Å². The van der Waals surface area contributed by atoms with E-state index in [1.54, 1.807) is 0 Å². The Morgan fingerprint density at radius 3 is 2.92 bits per heavy atom. The summed E-state index contributed by atoms with van der Waals surface area (Å²) in [4.78, 5) is 19.6. The van der Waals surface area contributed by atoms with Crippen molar-refractivity contribution in [1.82, 2.24) is 10.2 Å². The standard InChI is InChI=1S/C40H44N4O5/c1-2-3-4-7-28(45)21-29(46)11-8-25-9-15-37-38(19-25)49-40-26(6-5-18-48-37)10-14-36(47)31-12-13-32-30(16-17-42-39(32)41)33(31)20-27-22-43-35-24-44(40)23-34(27)35/h9,12-13,15,19,22,24,26,28,36,39-40,42,45,47H,2-4,6-8,11,16-17,20-21,23,41H2,1H3. The predicted molar refractivity (Wildman–Crippen MR) is 187 cm³/mol. The highest BCUT2D eigenvalue weighted by Crippen LogP contribution is 2.39. The van der Waals surface area contributed by atoms with Crippen molar-refractivity contribution in [3.63, 3.8) is 0 Å². The van der Waals surface area contributed by atoms with Gasteiger partial charge in [0.15, 0.2) is 17.7 Å². The zero-order valence-corrected chi connectivity index (χ0v) is 28.0. The summed E-state index contributed by atoms with van der Waals surface area (Å²) < 4.78 is 12.6. The van der Waals surface area contributed by atoms with Crippen molar-refractivity contribution in [2.45, 2.75) is 95.7 Å². The number of benzene rings is 2. The van der Waals surface area contributed by atoms with E-state index < -0.39 is 24.4 Å². The third-order valence-corrected chi connectivity index (χ3v) is 10.1. The van der Waals surface area contributed by atoms with Crippen LogP contribution in [0.3, 0.4) is 0 Å². The topological polar surface area (TPSA) is 130 Å². The van der Waals surface area contributed by atoms with Gasteiger partial charge < -0.3 is 30.3 Å². The van der Waals surface area contributed by atoms with E-state index in [2.05, 4.69) is 41.0 Å². The van der Waals surface area contributed by atoms with Crippen LogP contribution >= 0.6 is 0 Å². The summed E-state index contributed by atoms with van der Waals surface area (Å²) in [5, 5.41) is 25.2. The first-order valence-corrected chi connectivity index (χ1v) is 17.6. The van der Waals surface area contributed by atoms with Gasteiger partial charge in [0, 0.05) is 56.8 Å². The maximum atomic E-state index is 12.7. The molecule has 5 heterocycles. The number of aliphatic imine (C=N–C) groups is 1. The number of fused-ring (bicyclic) bond motifs is 7. The minimum Gasteiger partial charge on any atom is -0.465 e. The summed E-state index contributed by atoms with van der Waals surface area (Å²) >= 11 is 0. The third kappa shape index (κ3) is 7.18. The number of nitrogens with zero attached hydrogens (tertiary/aromatic N) is 2. The van der Waals surface area contributed by atoms with Crippen molar-refractivity contribution in [3.8, 4) is 35.4 Å². The average molecular weight is 661 g/mol. The van der Waals surface area contributed by atoms with Gasteiger partial charge in [0.2, 0.25) is 0 Å². The zero-order chi connectivity index (χ0) is 33.9. The Balaban J connectivity index is 1.18. The van der Waals surface area contributed by atoms with E-state index in [4.69, 9.17) is 20.2 Å². The van der Waals surface area contributed by atoms with E-state index in [1.807, 2.05) is 42.7 Å². The number of carbonyl (C=O) groups is 1. The highest BCUT2D eigenvalue weighted by atomic mass is 16.5. The summed E-state index contributed by atoms with van der Waals surface area (Å²) in [5.41, 5.74) is 14.6. The van der Waals surface area contributed by atoms with Crippen LogP contribution in [0.2, 0.25) is 0 Å². The number of carbonyl (C=O) groups excluding carboxylic acids is 1. The number of nitrogens with one attached hydrogen (secondary N) is 1. The van der Waals surface area contributed by atoms with E-state index in [9.17, 15) is 15.0 Å². The molecule has 254 valence electrons. The Kier molecular flexibility index (Phi) is 9.89. The number of aliphatic hydroxyl groups excluding tert-OH is 2. The molecule has 5 N–H and O–H groups in total. The molecule has 49 heavy (non-hydrogen) atoms. The highest BCUT2D eigenvalue weighted by molar-refractivity contribution is 5.88. The Hall–Kier alpha value is -4.38. The fourth-order valence-corrected chi connectivity index (χ4v) is 7.40. The predicted octanol–water partition coefficient (Wildman–Crippen LogP) is 4.52. The number of nitrogens with two attached hydrogens (primary N) is 1. The van der Waals surface area contributed by atoms with E-state index in [0.29, 0.717) is 50.1 Å². The number of ether oxygens (including phenoxy) is 2. The molecule has 0 fully saturated rings. The molecule has 0 saturated carbocycles. The van der Waals surface area contributed by atoms with Gasteiger partial charge in [-0.2, -0.15) is 0 Å². The number of ketones is 1. The lowest BCUT2D eigenvalue weighted by Gasteiger charge is -2.32. The van der Waals surface area contributed by atoms with Crippen molar-refractivity contribution in [2.24, 2.45) is 16.6 Å². The molecule has 5 atom stereocenters. The molecule has 9 nitrogen and oxygen atoms in total. The number of aliphatic hydroxyl groups is 2. The molecule has 2 aromatic carbocycles. The van der Waals surface area contributed by atoms with Gasteiger partial charge in [0.1, 0.15) is 18.0 Å². The fourth-order valence-electron chi connectivity index (χ4n) is 7.40. The molecule has 0 spiro atoms. The minimum absolute atomic E-state index is 0.0465. The van der Waals surface area contributed by atoms with Crippen LogP contribution in [0.5, 0.6) is 11.5 Å². The lowest BCUT2D eigenvalue weighted by molar-refractivity contribution is -0.121. The smallest absolute Gasteiger partial charge is 0.187 e. The van der Waals surface area contributed by atoms with Crippen LogP contribution in [0, 0.1) is 29.8 Å². The van der Waals surface area contributed by atoms with Gasteiger partial charge in [-0.25, -0.2) is 0 Å². The molecular formula is C40H44N4O5. The number of rotatable bonds is 9. The number of allylic oxidation sites excluding steroid dienone is 1. The van der Waals surface area contributed by atoms with Crippen LogP contribution in [-0.2, 0) is 24.1 Å². The van der Waals surface area contributed by atoms with Gasteiger partial charge in [0.05, 0.1) is 23.9 Å². The van der Waals surface area contributed by atoms with E-state index in [0.717, 1.165) is 71.3 Å². The molecule has 0 radical (unpaired) electrons. The first-order chi connectivity index (χ1) is 23.9. The second-order valence-electron chi connectivity index (χ2n) is 13.6. The van der Waals surface area contributed by atoms with Crippen molar-refractivity contribution >= 4 is 12.0 Å². The maximum absolute atomic E-state index is 12.7. The monoisotopic (exact) mass is 660 g/mol. The molecule has 0 saturated heterocycles. The van der Waals surface area contributed by atoms with Gasteiger partial charge in [-0.1, -0.05) is 62.1 Å². The van der Waals surface area contributed by atoms with Crippen molar-refractivity contribution < 1.29 is 24.5 Å². The molecular weight excluding hydrogens is 616 g/mol. The Bertz CT molecular complexity index is 1840. The van der Waals surface area contributed by atoms with Gasteiger partial charge in [-0.05, 0) is 64.8 Å². The third-order valence-electron chi connectivity index (χ3n) is 10.1. The second-order valence-corrected chi connectivity index (χ2v) is 13.6. The Morgan fingerprint density at radius 2 is 2.04 bits per heavy atom. The normalized spacial score (nSPS) is 23.8.